The maximum Gasteiger partial charge on any atom is 0.107 e. The number of thiocarbonyl (C=S) groups is 1. The highest BCUT2D eigenvalue weighted by Gasteiger charge is 2.22. The average molecular weight is 277 g/mol. The van der Waals surface area contributed by atoms with Crippen molar-refractivity contribution in [3.05, 3.63) is 23.0 Å². The van der Waals surface area contributed by atoms with Crippen molar-refractivity contribution < 1.29 is 0 Å². The van der Waals surface area contributed by atoms with E-state index < -0.39 is 0 Å². The first-order valence-electron chi connectivity index (χ1n) is 7.05. The van der Waals surface area contributed by atoms with Gasteiger partial charge in [0.05, 0.1) is 11.3 Å². The zero-order valence-electron chi connectivity index (χ0n) is 12.1. The van der Waals surface area contributed by atoms with Crippen molar-refractivity contribution in [1.82, 2.24) is 4.98 Å². The Balaban J connectivity index is 2.49. The van der Waals surface area contributed by atoms with Gasteiger partial charge in [-0.2, -0.15) is 0 Å². The molecule has 2 rings (SSSR count). The van der Waals surface area contributed by atoms with Crippen LogP contribution in [-0.2, 0) is 0 Å². The van der Waals surface area contributed by atoms with Crippen LogP contribution in [0.3, 0.4) is 0 Å². The van der Waals surface area contributed by atoms with Crippen LogP contribution in [0.5, 0.6) is 0 Å². The van der Waals surface area contributed by atoms with Gasteiger partial charge in [0, 0.05) is 24.0 Å². The molecule has 0 amide bonds. The summed E-state index contributed by atoms with van der Waals surface area (Å²) in [6.07, 6.45) is 5.09. The van der Waals surface area contributed by atoms with E-state index in [1.807, 2.05) is 13.8 Å². The van der Waals surface area contributed by atoms with Crippen molar-refractivity contribution in [2.24, 2.45) is 5.73 Å². The van der Waals surface area contributed by atoms with Crippen LogP contribution in [0, 0.1) is 13.8 Å². The van der Waals surface area contributed by atoms with Crippen LogP contribution < -0.4 is 10.6 Å². The Bertz CT molecular complexity index is 485. The third-order valence-corrected chi connectivity index (χ3v) is 4.12. The van der Waals surface area contributed by atoms with Gasteiger partial charge >= 0.3 is 0 Å². The van der Waals surface area contributed by atoms with Crippen LogP contribution in [0.2, 0.25) is 0 Å². The highest BCUT2D eigenvalue weighted by Crippen LogP contribution is 2.29. The zero-order chi connectivity index (χ0) is 14.0. The van der Waals surface area contributed by atoms with Crippen molar-refractivity contribution in [2.45, 2.75) is 52.5 Å². The molecule has 0 spiro atoms. The number of pyridine rings is 1. The van der Waals surface area contributed by atoms with E-state index in [9.17, 15) is 0 Å². The van der Waals surface area contributed by atoms with Gasteiger partial charge < -0.3 is 10.6 Å². The molecule has 1 aromatic rings. The van der Waals surface area contributed by atoms with E-state index in [1.165, 1.54) is 31.4 Å². The molecule has 4 heteroatoms. The first kappa shape index (κ1) is 14.3. The molecule has 0 aromatic carbocycles. The minimum Gasteiger partial charge on any atom is -0.389 e. The van der Waals surface area contributed by atoms with E-state index in [4.69, 9.17) is 18.0 Å². The third kappa shape index (κ3) is 3.06. The molecule has 1 aliphatic heterocycles. The van der Waals surface area contributed by atoms with Crippen LogP contribution in [0.1, 0.15) is 49.6 Å². The van der Waals surface area contributed by atoms with E-state index in [0.717, 1.165) is 23.5 Å². The van der Waals surface area contributed by atoms with Gasteiger partial charge in [-0.1, -0.05) is 25.1 Å². The molecule has 1 aliphatic rings. The average Bonchev–Trinajstić information content (AvgIpc) is 2.52. The standard InChI is InChI=1S/C15H23N3S/c1-10-9-13(14(15(16)19)12(3)17-10)18-8-6-4-5-7-11(18)2/h9,11H,4-8H2,1-3H3,(H2,16,19). The lowest BCUT2D eigenvalue weighted by molar-refractivity contribution is 0.615. The molecule has 19 heavy (non-hydrogen) atoms. The van der Waals surface area contributed by atoms with E-state index in [2.05, 4.69) is 22.9 Å². The molecule has 104 valence electrons. The topological polar surface area (TPSA) is 42.1 Å². The van der Waals surface area contributed by atoms with Gasteiger partial charge in [-0.3, -0.25) is 4.98 Å². The van der Waals surface area contributed by atoms with E-state index in [1.54, 1.807) is 0 Å². The highest BCUT2D eigenvalue weighted by molar-refractivity contribution is 7.80. The number of hydrogen-bond donors (Lipinski definition) is 1. The van der Waals surface area contributed by atoms with Gasteiger partial charge in [0.1, 0.15) is 4.99 Å². The second-order valence-electron chi connectivity index (χ2n) is 5.50. The fourth-order valence-electron chi connectivity index (χ4n) is 2.97. The Morgan fingerprint density at radius 1 is 1.37 bits per heavy atom. The van der Waals surface area contributed by atoms with Crippen LogP contribution in [0.15, 0.2) is 6.07 Å². The summed E-state index contributed by atoms with van der Waals surface area (Å²) in [6.45, 7) is 7.40. The fraction of sp³-hybridized carbons (Fsp3) is 0.600. The molecule has 0 bridgehead atoms. The van der Waals surface area contributed by atoms with Crippen LogP contribution in [0.25, 0.3) is 0 Å². The monoisotopic (exact) mass is 277 g/mol. The van der Waals surface area contributed by atoms with Gasteiger partial charge in [-0.05, 0) is 39.7 Å². The molecule has 0 radical (unpaired) electrons. The molecule has 1 atom stereocenters. The summed E-state index contributed by atoms with van der Waals surface area (Å²) >= 11 is 5.23. The number of aryl methyl sites for hydroxylation is 2. The highest BCUT2D eigenvalue weighted by atomic mass is 32.1. The minimum absolute atomic E-state index is 0.455. The first-order chi connectivity index (χ1) is 9.00. The van der Waals surface area contributed by atoms with Crippen LogP contribution >= 0.6 is 12.2 Å². The maximum absolute atomic E-state index is 5.92. The molecule has 1 fully saturated rings. The Morgan fingerprint density at radius 3 is 2.79 bits per heavy atom. The number of aromatic nitrogens is 1. The Kier molecular flexibility index (Phi) is 4.40. The predicted molar refractivity (Wildman–Crippen MR) is 84.9 cm³/mol. The largest absolute Gasteiger partial charge is 0.389 e. The summed E-state index contributed by atoms with van der Waals surface area (Å²) < 4.78 is 0. The molecule has 0 aliphatic carbocycles. The summed E-state index contributed by atoms with van der Waals surface area (Å²) in [5.74, 6) is 0. The van der Waals surface area contributed by atoms with E-state index in [0.29, 0.717) is 11.0 Å². The summed E-state index contributed by atoms with van der Waals surface area (Å²) in [5.41, 5.74) is 10.0. The first-order valence-corrected chi connectivity index (χ1v) is 7.46. The van der Waals surface area contributed by atoms with Gasteiger partial charge in [-0.25, -0.2) is 0 Å². The minimum atomic E-state index is 0.455. The normalized spacial score (nSPS) is 20.2. The molecule has 1 aromatic heterocycles. The molecule has 1 unspecified atom stereocenters. The second-order valence-corrected chi connectivity index (χ2v) is 5.94. The van der Waals surface area contributed by atoms with Gasteiger partial charge in [0.25, 0.3) is 0 Å². The lowest BCUT2D eigenvalue weighted by Gasteiger charge is -2.32. The quantitative estimate of drug-likeness (QED) is 0.844. The molecule has 2 N–H and O–H groups in total. The van der Waals surface area contributed by atoms with Gasteiger partial charge in [0.15, 0.2) is 0 Å². The third-order valence-electron chi connectivity index (χ3n) is 3.92. The number of rotatable bonds is 2. The van der Waals surface area contributed by atoms with Crippen LogP contribution in [-0.4, -0.2) is 22.6 Å². The van der Waals surface area contributed by atoms with E-state index >= 15 is 0 Å². The molecular weight excluding hydrogens is 254 g/mol. The van der Waals surface area contributed by atoms with Crippen molar-refractivity contribution in [3.63, 3.8) is 0 Å². The molecule has 1 saturated heterocycles. The van der Waals surface area contributed by atoms with Crippen molar-refractivity contribution in [2.75, 3.05) is 11.4 Å². The molecule has 3 nitrogen and oxygen atoms in total. The lowest BCUT2D eigenvalue weighted by atomic mass is 10.1. The Hall–Kier alpha value is -1.16. The lowest BCUT2D eigenvalue weighted by Crippen LogP contribution is -2.34. The Morgan fingerprint density at radius 2 is 2.11 bits per heavy atom. The molecule has 0 saturated carbocycles. The van der Waals surface area contributed by atoms with Crippen molar-refractivity contribution in [3.8, 4) is 0 Å². The summed E-state index contributed by atoms with van der Waals surface area (Å²) in [5, 5.41) is 0. The summed E-state index contributed by atoms with van der Waals surface area (Å²) in [6, 6.07) is 2.67. The SMILES string of the molecule is Cc1cc(N2CCCCCC2C)c(C(N)=S)c(C)n1. The smallest absolute Gasteiger partial charge is 0.107 e. The van der Waals surface area contributed by atoms with Crippen molar-refractivity contribution >= 4 is 22.9 Å². The number of nitrogens with two attached hydrogens (primary N) is 1. The summed E-state index contributed by atoms with van der Waals surface area (Å²) in [4.78, 5) is 7.42. The molecule has 2 heterocycles. The number of nitrogens with zero attached hydrogens (tertiary/aromatic N) is 2. The second kappa shape index (κ2) is 5.87. The fourth-order valence-corrected chi connectivity index (χ4v) is 3.22. The van der Waals surface area contributed by atoms with Crippen molar-refractivity contribution in [1.29, 1.82) is 0 Å². The number of anilines is 1. The zero-order valence-corrected chi connectivity index (χ0v) is 12.9. The Labute approximate surface area is 121 Å². The maximum atomic E-state index is 5.92. The van der Waals surface area contributed by atoms with Gasteiger partial charge in [0.2, 0.25) is 0 Å². The number of hydrogen-bond acceptors (Lipinski definition) is 3. The summed E-state index contributed by atoms with van der Waals surface area (Å²) in [7, 11) is 0. The predicted octanol–water partition coefficient (Wildman–Crippen LogP) is 3.10. The van der Waals surface area contributed by atoms with Crippen LogP contribution in [0.4, 0.5) is 5.69 Å². The van der Waals surface area contributed by atoms with Gasteiger partial charge in [-0.15, -0.1) is 0 Å². The molecular formula is C15H23N3S. The van der Waals surface area contributed by atoms with E-state index in [-0.39, 0.29) is 0 Å².